The monoisotopic (exact) mass is 342 g/mol. The molecule has 1 atom stereocenters. The van der Waals surface area contributed by atoms with Gasteiger partial charge in [-0.3, -0.25) is 4.79 Å². The third kappa shape index (κ3) is 3.42. The predicted octanol–water partition coefficient (Wildman–Crippen LogP) is 2.44. The summed E-state index contributed by atoms with van der Waals surface area (Å²) in [6.45, 7) is 1.65. The summed E-state index contributed by atoms with van der Waals surface area (Å²) >= 11 is 0. The number of carbonyl (C=O) groups excluding carboxylic acids is 1. The molecule has 0 aliphatic carbocycles. The molecule has 0 unspecified atom stereocenters. The van der Waals surface area contributed by atoms with Crippen LogP contribution in [-0.4, -0.2) is 20.7 Å². The maximum Gasteiger partial charge on any atom is 0.271 e. The Morgan fingerprint density at radius 3 is 2.62 bits per heavy atom. The Kier molecular flexibility index (Phi) is 4.73. The van der Waals surface area contributed by atoms with Crippen LogP contribution in [0.3, 0.4) is 0 Å². The SMILES string of the molecule is Cc1nc(C(=O)N[C@H](C#N)c2cnn(-c3ccccc3)c2)ccc1C#N. The molecular weight excluding hydrogens is 328 g/mol. The molecule has 0 spiro atoms. The van der Waals surface area contributed by atoms with Gasteiger partial charge in [0.1, 0.15) is 17.8 Å². The smallest absolute Gasteiger partial charge is 0.271 e. The van der Waals surface area contributed by atoms with E-state index in [2.05, 4.69) is 21.5 Å². The first-order chi connectivity index (χ1) is 12.6. The van der Waals surface area contributed by atoms with Gasteiger partial charge in [-0.1, -0.05) is 18.2 Å². The van der Waals surface area contributed by atoms with Crippen molar-refractivity contribution in [1.82, 2.24) is 20.1 Å². The van der Waals surface area contributed by atoms with Crippen LogP contribution in [-0.2, 0) is 0 Å². The molecule has 7 nitrogen and oxygen atoms in total. The van der Waals surface area contributed by atoms with Gasteiger partial charge in [-0.2, -0.15) is 15.6 Å². The number of rotatable bonds is 4. The Balaban J connectivity index is 1.79. The molecule has 0 aliphatic rings. The number of hydrogen-bond donors (Lipinski definition) is 1. The second-order valence-electron chi connectivity index (χ2n) is 5.53. The minimum absolute atomic E-state index is 0.150. The van der Waals surface area contributed by atoms with E-state index in [9.17, 15) is 10.1 Å². The first-order valence-corrected chi connectivity index (χ1v) is 7.80. The van der Waals surface area contributed by atoms with Crippen molar-refractivity contribution in [3.8, 4) is 17.8 Å². The number of carbonyl (C=O) groups is 1. The van der Waals surface area contributed by atoms with Gasteiger partial charge in [-0.25, -0.2) is 9.67 Å². The molecule has 0 aliphatic heterocycles. The third-order valence-electron chi connectivity index (χ3n) is 3.80. The van der Waals surface area contributed by atoms with Crippen molar-refractivity contribution in [2.45, 2.75) is 13.0 Å². The standard InChI is InChI=1S/C19H14N6O/c1-13-14(9-20)7-8-17(23-13)19(26)24-18(10-21)15-11-22-25(12-15)16-5-3-2-4-6-16/h2-8,11-12,18H,1H3,(H,24,26)/t18-/m1/s1. The van der Waals surface area contributed by atoms with Gasteiger partial charge in [0.2, 0.25) is 0 Å². The lowest BCUT2D eigenvalue weighted by atomic mass is 10.1. The van der Waals surface area contributed by atoms with Crippen molar-refractivity contribution in [3.05, 3.63) is 77.4 Å². The van der Waals surface area contributed by atoms with Gasteiger partial charge in [-0.05, 0) is 31.2 Å². The lowest BCUT2D eigenvalue weighted by molar-refractivity contribution is 0.0940. The van der Waals surface area contributed by atoms with Gasteiger partial charge in [0, 0.05) is 11.8 Å². The van der Waals surface area contributed by atoms with Gasteiger partial charge >= 0.3 is 0 Å². The molecule has 26 heavy (non-hydrogen) atoms. The molecule has 7 heteroatoms. The van der Waals surface area contributed by atoms with E-state index in [0.717, 1.165) is 5.69 Å². The van der Waals surface area contributed by atoms with E-state index in [1.807, 2.05) is 36.4 Å². The Morgan fingerprint density at radius 2 is 1.96 bits per heavy atom. The normalized spacial score (nSPS) is 11.2. The molecule has 2 aromatic heterocycles. The molecule has 0 radical (unpaired) electrons. The van der Waals surface area contributed by atoms with E-state index in [0.29, 0.717) is 16.8 Å². The van der Waals surface area contributed by atoms with Crippen LogP contribution in [0.5, 0.6) is 0 Å². The average Bonchev–Trinajstić information content (AvgIpc) is 3.16. The minimum Gasteiger partial charge on any atom is -0.331 e. The Labute approximate surface area is 150 Å². The third-order valence-corrected chi connectivity index (χ3v) is 3.80. The molecule has 0 fully saturated rings. The highest BCUT2D eigenvalue weighted by Gasteiger charge is 2.18. The predicted molar refractivity (Wildman–Crippen MR) is 93.1 cm³/mol. The summed E-state index contributed by atoms with van der Waals surface area (Å²) < 4.78 is 1.63. The molecule has 2 heterocycles. The number of hydrogen-bond acceptors (Lipinski definition) is 5. The zero-order chi connectivity index (χ0) is 18.5. The van der Waals surface area contributed by atoms with Crippen molar-refractivity contribution >= 4 is 5.91 Å². The fraction of sp³-hybridized carbons (Fsp3) is 0.105. The van der Waals surface area contributed by atoms with E-state index in [4.69, 9.17) is 5.26 Å². The largest absolute Gasteiger partial charge is 0.331 e. The van der Waals surface area contributed by atoms with Crippen LogP contribution >= 0.6 is 0 Å². The summed E-state index contributed by atoms with van der Waals surface area (Å²) in [7, 11) is 0. The number of nitrogens with one attached hydrogen (secondary N) is 1. The lowest BCUT2D eigenvalue weighted by Crippen LogP contribution is -2.28. The fourth-order valence-electron chi connectivity index (χ4n) is 2.41. The van der Waals surface area contributed by atoms with Crippen molar-refractivity contribution in [3.63, 3.8) is 0 Å². The van der Waals surface area contributed by atoms with Gasteiger partial charge in [0.15, 0.2) is 0 Å². The van der Waals surface area contributed by atoms with Crippen LogP contribution in [0.4, 0.5) is 0 Å². The minimum atomic E-state index is -0.863. The second-order valence-corrected chi connectivity index (χ2v) is 5.53. The topological polar surface area (TPSA) is 107 Å². The van der Waals surface area contributed by atoms with Gasteiger partial charge in [0.25, 0.3) is 5.91 Å². The van der Waals surface area contributed by atoms with Crippen LogP contribution < -0.4 is 5.32 Å². The molecule has 1 amide bonds. The van der Waals surface area contributed by atoms with Gasteiger partial charge < -0.3 is 5.32 Å². The summed E-state index contributed by atoms with van der Waals surface area (Å²) in [6, 6.07) is 15.6. The number of amides is 1. The molecule has 3 aromatic rings. The Hall–Kier alpha value is -3.97. The van der Waals surface area contributed by atoms with E-state index in [1.54, 1.807) is 24.0 Å². The average molecular weight is 342 g/mol. The van der Waals surface area contributed by atoms with E-state index >= 15 is 0 Å². The molecule has 1 aromatic carbocycles. The van der Waals surface area contributed by atoms with Crippen LogP contribution in [0, 0.1) is 29.6 Å². The summed E-state index contributed by atoms with van der Waals surface area (Å²) in [4.78, 5) is 16.5. The van der Waals surface area contributed by atoms with Crippen LogP contribution in [0.1, 0.15) is 33.4 Å². The first kappa shape index (κ1) is 16.9. The molecule has 0 bridgehead atoms. The van der Waals surface area contributed by atoms with E-state index in [-0.39, 0.29) is 5.69 Å². The van der Waals surface area contributed by atoms with Crippen LogP contribution in [0.25, 0.3) is 5.69 Å². The molecule has 3 rings (SSSR count). The zero-order valence-corrected chi connectivity index (χ0v) is 13.9. The number of aryl methyl sites for hydroxylation is 1. The lowest BCUT2D eigenvalue weighted by Gasteiger charge is -2.10. The molecule has 0 saturated carbocycles. The highest BCUT2D eigenvalue weighted by atomic mass is 16.1. The van der Waals surface area contributed by atoms with Crippen LogP contribution in [0.2, 0.25) is 0 Å². The van der Waals surface area contributed by atoms with E-state index in [1.165, 1.54) is 12.1 Å². The Bertz CT molecular complexity index is 1030. The van der Waals surface area contributed by atoms with Gasteiger partial charge in [0.05, 0.1) is 29.2 Å². The van der Waals surface area contributed by atoms with E-state index < -0.39 is 11.9 Å². The summed E-state index contributed by atoms with van der Waals surface area (Å²) in [5, 5.41) is 25.2. The maximum absolute atomic E-state index is 12.4. The van der Waals surface area contributed by atoms with Crippen LogP contribution in [0.15, 0.2) is 54.9 Å². The number of para-hydroxylation sites is 1. The summed E-state index contributed by atoms with van der Waals surface area (Å²) in [6.07, 6.45) is 3.24. The summed E-state index contributed by atoms with van der Waals surface area (Å²) in [5.41, 5.74) is 2.44. The Morgan fingerprint density at radius 1 is 1.19 bits per heavy atom. The van der Waals surface area contributed by atoms with Crippen molar-refractivity contribution in [2.24, 2.45) is 0 Å². The van der Waals surface area contributed by atoms with Crippen molar-refractivity contribution in [1.29, 1.82) is 10.5 Å². The highest BCUT2D eigenvalue weighted by Crippen LogP contribution is 2.15. The number of nitriles is 2. The number of nitrogens with zero attached hydrogens (tertiary/aromatic N) is 5. The molecular formula is C19H14N6O. The van der Waals surface area contributed by atoms with Crippen molar-refractivity contribution in [2.75, 3.05) is 0 Å². The number of benzene rings is 1. The quantitative estimate of drug-likeness (QED) is 0.783. The fourth-order valence-corrected chi connectivity index (χ4v) is 2.41. The van der Waals surface area contributed by atoms with Crippen molar-refractivity contribution < 1.29 is 4.79 Å². The zero-order valence-electron chi connectivity index (χ0n) is 13.9. The van der Waals surface area contributed by atoms with Gasteiger partial charge in [-0.15, -0.1) is 0 Å². The number of aromatic nitrogens is 3. The molecule has 0 saturated heterocycles. The summed E-state index contributed by atoms with van der Waals surface area (Å²) in [5.74, 6) is -0.489. The molecule has 1 N–H and O–H groups in total. The second kappa shape index (κ2) is 7.29. The number of pyridine rings is 1. The molecule has 126 valence electrons. The maximum atomic E-state index is 12.4. The highest BCUT2D eigenvalue weighted by molar-refractivity contribution is 5.92. The first-order valence-electron chi connectivity index (χ1n) is 7.80.